The number of nitrogen functional groups attached to an aromatic ring is 1. The van der Waals surface area contributed by atoms with Crippen LogP contribution in [0.5, 0.6) is 11.5 Å². The second kappa shape index (κ2) is 9.55. The second-order valence-electron chi connectivity index (χ2n) is 6.77. The third kappa shape index (κ3) is 4.44. The van der Waals surface area contributed by atoms with Gasteiger partial charge in [0.1, 0.15) is 0 Å². The molecule has 1 amide bonds. The summed E-state index contributed by atoms with van der Waals surface area (Å²) in [4.78, 5) is 16.7. The molecule has 0 bridgehead atoms. The van der Waals surface area contributed by atoms with Crippen molar-refractivity contribution in [2.24, 2.45) is 0 Å². The van der Waals surface area contributed by atoms with Crippen LogP contribution in [0.4, 0.5) is 11.4 Å². The number of nitrogens with two attached hydrogens (primary N) is 1. The normalized spacial score (nSPS) is 12.6. The van der Waals surface area contributed by atoms with E-state index in [2.05, 4.69) is 4.90 Å². The molecular formula is C21H28ClN3O3. The average molecular weight is 406 g/mol. The highest BCUT2D eigenvalue weighted by molar-refractivity contribution is 5.85. The van der Waals surface area contributed by atoms with Gasteiger partial charge in [0, 0.05) is 37.1 Å². The Morgan fingerprint density at radius 2 is 1.93 bits per heavy atom. The van der Waals surface area contributed by atoms with Gasteiger partial charge in [-0.3, -0.25) is 4.79 Å². The van der Waals surface area contributed by atoms with Gasteiger partial charge >= 0.3 is 0 Å². The molecule has 0 spiro atoms. The van der Waals surface area contributed by atoms with E-state index in [0.717, 1.165) is 41.9 Å². The third-order valence-electron chi connectivity index (χ3n) is 5.03. The molecule has 2 aromatic carbocycles. The lowest BCUT2D eigenvalue weighted by atomic mass is 10.00. The molecule has 2 N–H and O–H groups in total. The molecular weight excluding hydrogens is 378 g/mol. The molecule has 6 nitrogen and oxygen atoms in total. The fourth-order valence-electron chi connectivity index (χ4n) is 3.60. The molecule has 152 valence electrons. The number of rotatable bonds is 6. The lowest BCUT2D eigenvalue weighted by Gasteiger charge is -2.32. The minimum atomic E-state index is 0. The molecule has 0 atom stereocenters. The van der Waals surface area contributed by atoms with Gasteiger partial charge in [0.05, 0.1) is 20.8 Å². The summed E-state index contributed by atoms with van der Waals surface area (Å²) in [6, 6.07) is 11.6. The predicted molar refractivity (Wildman–Crippen MR) is 115 cm³/mol. The number of carbonyl (C=O) groups is 1. The summed E-state index contributed by atoms with van der Waals surface area (Å²) in [6.07, 6.45) is 1.96. The molecule has 1 aliphatic heterocycles. The molecule has 2 aromatic rings. The van der Waals surface area contributed by atoms with Gasteiger partial charge in [0.25, 0.3) is 0 Å². The number of hydrogen-bond acceptors (Lipinski definition) is 5. The molecule has 0 saturated carbocycles. The van der Waals surface area contributed by atoms with E-state index in [1.54, 1.807) is 19.1 Å². The highest BCUT2D eigenvalue weighted by Crippen LogP contribution is 2.32. The van der Waals surface area contributed by atoms with E-state index in [4.69, 9.17) is 15.2 Å². The van der Waals surface area contributed by atoms with Crippen LogP contribution in [0.2, 0.25) is 0 Å². The zero-order valence-electron chi connectivity index (χ0n) is 16.6. The largest absolute Gasteiger partial charge is 0.493 e. The molecule has 28 heavy (non-hydrogen) atoms. The molecule has 1 heterocycles. The molecule has 7 heteroatoms. The van der Waals surface area contributed by atoms with Crippen LogP contribution in [-0.2, 0) is 17.8 Å². The van der Waals surface area contributed by atoms with Gasteiger partial charge in [-0.15, -0.1) is 12.4 Å². The summed E-state index contributed by atoms with van der Waals surface area (Å²) >= 11 is 0. The van der Waals surface area contributed by atoms with Crippen LogP contribution in [0, 0.1) is 0 Å². The number of methoxy groups -OCH3 is 2. The van der Waals surface area contributed by atoms with Crippen LogP contribution in [0.3, 0.4) is 0 Å². The fraction of sp³-hybridized carbons (Fsp3) is 0.381. The highest BCUT2D eigenvalue weighted by atomic mass is 35.5. The monoisotopic (exact) mass is 405 g/mol. The van der Waals surface area contributed by atoms with E-state index in [1.807, 2.05) is 43.4 Å². The number of carbonyl (C=O) groups excluding carboxylic acids is 1. The number of benzene rings is 2. The van der Waals surface area contributed by atoms with Crippen molar-refractivity contribution in [3.8, 4) is 11.5 Å². The van der Waals surface area contributed by atoms with Crippen molar-refractivity contribution in [1.82, 2.24) is 4.90 Å². The van der Waals surface area contributed by atoms with Gasteiger partial charge in [0.15, 0.2) is 11.5 Å². The van der Waals surface area contributed by atoms with E-state index in [0.29, 0.717) is 24.6 Å². The number of hydrogen-bond donors (Lipinski definition) is 1. The maximum absolute atomic E-state index is 12.8. The average Bonchev–Trinajstić information content (AvgIpc) is 2.68. The summed E-state index contributed by atoms with van der Waals surface area (Å²) in [5.74, 6) is 1.38. The van der Waals surface area contributed by atoms with Crippen LogP contribution in [0.1, 0.15) is 17.5 Å². The fourth-order valence-corrected chi connectivity index (χ4v) is 3.60. The summed E-state index contributed by atoms with van der Waals surface area (Å²) in [5, 5.41) is 0. The van der Waals surface area contributed by atoms with Gasteiger partial charge in [-0.2, -0.15) is 0 Å². The van der Waals surface area contributed by atoms with Crippen molar-refractivity contribution in [2.75, 3.05) is 45.0 Å². The standard InChI is InChI=1S/C21H27N3O3.ClH/c1-23(13-15-7-4-11-19(26-2)21(15)27-3)20(25)14-24-12-6-8-16-17(22)9-5-10-18(16)24;/h4-5,7,9-11H,6,8,12-14,22H2,1-3H3;1H. The van der Waals surface area contributed by atoms with E-state index in [-0.39, 0.29) is 18.3 Å². The third-order valence-corrected chi connectivity index (χ3v) is 5.03. The first-order valence-electron chi connectivity index (χ1n) is 9.11. The quantitative estimate of drug-likeness (QED) is 0.748. The number of nitrogens with zero attached hydrogens (tertiary/aromatic N) is 2. The molecule has 0 aromatic heterocycles. The van der Waals surface area contributed by atoms with Crippen LogP contribution in [0.15, 0.2) is 36.4 Å². The van der Waals surface area contributed by atoms with Gasteiger partial charge in [-0.1, -0.05) is 18.2 Å². The van der Waals surface area contributed by atoms with Crippen LogP contribution in [0.25, 0.3) is 0 Å². The molecule has 1 aliphatic rings. The Labute approximate surface area is 172 Å². The first-order chi connectivity index (χ1) is 13.0. The lowest BCUT2D eigenvalue weighted by molar-refractivity contribution is -0.129. The lowest BCUT2D eigenvalue weighted by Crippen LogP contribution is -2.40. The number of likely N-dealkylation sites (N-methyl/N-ethyl adjacent to an activating group) is 1. The molecule has 3 rings (SSSR count). The Morgan fingerprint density at radius 3 is 2.64 bits per heavy atom. The minimum absolute atomic E-state index is 0. The van der Waals surface area contributed by atoms with Crippen LogP contribution < -0.4 is 20.1 Å². The Morgan fingerprint density at radius 1 is 1.18 bits per heavy atom. The van der Waals surface area contributed by atoms with E-state index in [1.165, 1.54) is 0 Å². The Kier molecular flexibility index (Phi) is 7.40. The van der Waals surface area contributed by atoms with Gasteiger partial charge < -0.3 is 25.0 Å². The number of amides is 1. The Balaban J connectivity index is 0.00000280. The van der Waals surface area contributed by atoms with Crippen molar-refractivity contribution < 1.29 is 14.3 Å². The zero-order valence-corrected chi connectivity index (χ0v) is 17.4. The number of halogens is 1. The summed E-state index contributed by atoms with van der Waals surface area (Å²) in [7, 11) is 5.03. The second-order valence-corrected chi connectivity index (χ2v) is 6.77. The molecule has 0 radical (unpaired) electrons. The van der Waals surface area contributed by atoms with Crippen LogP contribution >= 0.6 is 12.4 Å². The van der Waals surface area contributed by atoms with Crippen LogP contribution in [-0.4, -0.2) is 45.2 Å². The van der Waals surface area contributed by atoms with E-state index >= 15 is 0 Å². The smallest absolute Gasteiger partial charge is 0.242 e. The summed E-state index contributed by atoms with van der Waals surface area (Å²) in [5.41, 5.74) is 10.0. The molecule has 0 fully saturated rings. The van der Waals surface area contributed by atoms with Gasteiger partial charge in [-0.25, -0.2) is 0 Å². The topological polar surface area (TPSA) is 68.0 Å². The predicted octanol–water partition coefficient (Wildman–Crippen LogP) is 3.12. The maximum Gasteiger partial charge on any atom is 0.242 e. The van der Waals surface area contributed by atoms with Crippen molar-refractivity contribution in [3.05, 3.63) is 47.5 Å². The maximum atomic E-state index is 12.8. The summed E-state index contributed by atoms with van der Waals surface area (Å²) < 4.78 is 10.8. The van der Waals surface area contributed by atoms with Crippen molar-refractivity contribution in [3.63, 3.8) is 0 Å². The minimum Gasteiger partial charge on any atom is -0.493 e. The Hall–Kier alpha value is -2.60. The SMILES string of the molecule is COc1cccc(CN(C)C(=O)CN2CCCc3c(N)cccc32)c1OC.Cl. The number of para-hydroxylation sites is 1. The molecule has 0 saturated heterocycles. The van der Waals surface area contributed by atoms with Gasteiger partial charge in [0.2, 0.25) is 5.91 Å². The van der Waals surface area contributed by atoms with Gasteiger partial charge in [-0.05, 0) is 36.6 Å². The van der Waals surface area contributed by atoms with E-state index in [9.17, 15) is 4.79 Å². The van der Waals surface area contributed by atoms with Crippen molar-refractivity contribution >= 4 is 29.7 Å². The van der Waals surface area contributed by atoms with Crippen molar-refractivity contribution in [2.45, 2.75) is 19.4 Å². The zero-order chi connectivity index (χ0) is 19.4. The van der Waals surface area contributed by atoms with E-state index < -0.39 is 0 Å². The van der Waals surface area contributed by atoms with Crippen molar-refractivity contribution in [1.29, 1.82) is 0 Å². The number of fused-ring (bicyclic) bond motifs is 1. The number of ether oxygens (including phenoxy) is 2. The summed E-state index contributed by atoms with van der Waals surface area (Å²) in [6.45, 7) is 1.65. The molecule has 0 aliphatic carbocycles. The first kappa shape index (κ1) is 21.7. The highest BCUT2D eigenvalue weighted by Gasteiger charge is 2.22. The first-order valence-corrected chi connectivity index (χ1v) is 9.11. The molecule has 0 unspecified atom stereocenters. The Bertz CT molecular complexity index is 829. The number of anilines is 2.